The van der Waals surface area contributed by atoms with E-state index < -0.39 is 75.7 Å². The van der Waals surface area contributed by atoms with Gasteiger partial charge in [0.1, 0.15) is 63.8 Å². The lowest BCUT2D eigenvalue weighted by Gasteiger charge is -2.19. The van der Waals surface area contributed by atoms with Crippen LogP contribution in [0.3, 0.4) is 0 Å². The molecule has 5 aromatic carbocycles. The van der Waals surface area contributed by atoms with Gasteiger partial charge in [-0.1, -0.05) is 36.9 Å². The van der Waals surface area contributed by atoms with E-state index in [2.05, 4.69) is 6.58 Å². The zero-order chi connectivity index (χ0) is 52.5. The van der Waals surface area contributed by atoms with Crippen LogP contribution in [-0.4, -0.2) is 41.3 Å². The molecule has 0 heterocycles. The molecule has 0 aliphatic heterocycles. The Kier molecular flexibility index (Phi) is 18.8. The van der Waals surface area contributed by atoms with E-state index in [1.807, 2.05) is 20.8 Å². The number of carbonyl (C=O) groups excluding carboxylic acids is 2. The lowest BCUT2D eigenvalue weighted by atomic mass is 10.1. The monoisotopic (exact) mass is 1000 g/mol. The molecule has 8 unspecified atom stereocenters. The Hall–Kier alpha value is -6.49. The van der Waals surface area contributed by atoms with Crippen LogP contribution in [0.2, 0.25) is 0 Å². The lowest BCUT2D eigenvalue weighted by Crippen LogP contribution is -2.24. The maximum atomic E-state index is 13.6. The van der Waals surface area contributed by atoms with E-state index in [-0.39, 0.29) is 53.5 Å². The second kappa shape index (κ2) is 24.1. The number of esters is 2. The van der Waals surface area contributed by atoms with E-state index in [0.29, 0.717) is 53.7 Å². The van der Waals surface area contributed by atoms with E-state index in [1.54, 1.807) is 6.92 Å². The molecular formula is C54H53F10NO6. The van der Waals surface area contributed by atoms with Gasteiger partial charge in [0.2, 0.25) is 0 Å². The van der Waals surface area contributed by atoms with Gasteiger partial charge in [-0.05, 0) is 124 Å². The Labute approximate surface area is 404 Å². The molecule has 4 aliphatic carbocycles. The van der Waals surface area contributed by atoms with Gasteiger partial charge >= 0.3 is 17.9 Å². The smallest absolute Gasteiger partial charge is 0.309 e. The zero-order valence-electron chi connectivity index (χ0n) is 39.2. The van der Waals surface area contributed by atoms with Crippen molar-refractivity contribution in [3.05, 3.63) is 184 Å². The molecule has 0 amide bonds. The van der Waals surface area contributed by atoms with Crippen molar-refractivity contribution in [1.29, 1.82) is 0 Å². The van der Waals surface area contributed by atoms with Crippen molar-refractivity contribution in [2.45, 2.75) is 95.1 Å². The maximum Gasteiger partial charge on any atom is 0.309 e. The lowest BCUT2D eigenvalue weighted by molar-refractivity contribution is -0.155. The minimum absolute atomic E-state index is 0.00752. The number of rotatable bonds is 10. The minimum Gasteiger partial charge on any atom is -0.481 e. The van der Waals surface area contributed by atoms with Crippen molar-refractivity contribution in [2.75, 3.05) is 6.61 Å². The third kappa shape index (κ3) is 16.5. The molecule has 380 valence electrons. The fraction of sp³-hybridized carbons (Fsp3) is 0.352. The fourth-order valence-electron chi connectivity index (χ4n) is 7.76. The summed E-state index contributed by atoms with van der Waals surface area (Å²) in [6.07, 6.45) is 4.22. The molecule has 7 nitrogen and oxygen atoms in total. The standard InChI is InChI=1S/C15H18F2O2.C12H12F2O2.C10H8F2O2.C9H9F2N.C8H6F2/c1-15(2,3)19-14(18)7-9-6-12(9)11-5-4-10(16)8-13(11)17;1-2-16-12(15)10-6-9(10)8-4-3-7(13)5-11(8)14;11-5-1-2-6(9(12)3-5)7-4-8(7)10(13)14;10-5-1-2-6(8(11)3-5)7-4-9(7)12;1-2-6-3-4-7(9)5-8(6)10/h4-5,8-9,12H,6-7H2,1-3H3;3-5,9-10H,2,6H2,1H3;1-3,7-8H,4H2,(H,13,14);1-3,7,9H,4,12H2;2-5H,1H2. The first-order valence-electron chi connectivity index (χ1n) is 22.6. The normalized spacial score (nSPS) is 21.9. The number of hydrogen-bond acceptors (Lipinski definition) is 6. The quantitative estimate of drug-likeness (QED) is 0.106. The van der Waals surface area contributed by atoms with Crippen molar-refractivity contribution in [2.24, 2.45) is 23.5 Å². The molecule has 8 atom stereocenters. The fourth-order valence-corrected chi connectivity index (χ4v) is 7.76. The Morgan fingerprint density at radius 3 is 1.32 bits per heavy atom. The Morgan fingerprint density at radius 1 is 0.592 bits per heavy atom. The molecule has 4 saturated carbocycles. The van der Waals surface area contributed by atoms with Crippen LogP contribution < -0.4 is 5.73 Å². The molecule has 9 rings (SSSR count). The average Bonchev–Trinajstić information content (AvgIpc) is 4.06. The highest BCUT2D eigenvalue weighted by Gasteiger charge is 2.47. The summed E-state index contributed by atoms with van der Waals surface area (Å²) in [5, 5.41) is 8.63. The van der Waals surface area contributed by atoms with Crippen LogP contribution in [0.15, 0.2) is 97.6 Å². The first kappa shape index (κ1) is 55.4. The molecule has 5 aromatic rings. The first-order valence-corrected chi connectivity index (χ1v) is 22.6. The van der Waals surface area contributed by atoms with Crippen molar-refractivity contribution in [3.8, 4) is 0 Å². The first-order chi connectivity index (χ1) is 33.4. The van der Waals surface area contributed by atoms with Crippen molar-refractivity contribution in [3.63, 3.8) is 0 Å². The number of carbonyl (C=O) groups is 3. The van der Waals surface area contributed by atoms with Gasteiger partial charge in [-0.15, -0.1) is 0 Å². The Morgan fingerprint density at radius 2 is 0.972 bits per heavy atom. The number of nitrogens with two attached hydrogens (primary N) is 1. The average molecular weight is 1000 g/mol. The van der Waals surface area contributed by atoms with Gasteiger partial charge in [-0.3, -0.25) is 14.4 Å². The van der Waals surface area contributed by atoms with Gasteiger partial charge in [0.05, 0.1) is 18.4 Å². The van der Waals surface area contributed by atoms with E-state index in [0.717, 1.165) is 49.2 Å². The highest BCUT2D eigenvalue weighted by atomic mass is 19.2. The highest BCUT2D eigenvalue weighted by molar-refractivity contribution is 5.77. The number of hydrogen-bond donors (Lipinski definition) is 2. The van der Waals surface area contributed by atoms with Crippen LogP contribution in [0.5, 0.6) is 0 Å². The minimum atomic E-state index is -0.918. The topological polar surface area (TPSA) is 116 Å². The molecule has 0 spiro atoms. The van der Waals surface area contributed by atoms with E-state index >= 15 is 0 Å². The largest absolute Gasteiger partial charge is 0.481 e. The maximum absolute atomic E-state index is 13.6. The summed E-state index contributed by atoms with van der Waals surface area (Å²) in [7, 11) is 0. The van der Waals surface area contributed by atoms with Crippen LogP contribution in [-0.2, 0) is 23.9 Å². The van der Waals surface area contributed by atoms with Gasteiger partial charge in [0, 0.05) is 66.1 Å². The van der Waals surface area contributed by atoms with Crippen LogP contribution in [0, 0.1) is 75.9 Å². The molecule has 4 fully saturated rings. The van der Waals surface area contributed by atoms with E-state index in [4.69, 9.17) is 20.3 Å². The van der Waals surface area contributed by atoms with Gasteiger partial charge in [0.25, 0.3) is 0 Å². The summed E-state index contributed by atoms with van der Waals surface area (Å²) in [6, 6.07) is 17.4. The molecule has 0 saturated heterocycles. The Bertz CT molecular complexity index is 2710. The van der Waals surface area contributed by atoms with E-state index in [9.17, 15) is 58.3 Å². The summed E-state index contributed by atoms with van der Waals surface area (Å²) in [4.78, 5) is 33.5. The number of ether oxygens (including phenoxy) is 2. The van der Waals surface area contributed by atoms with Crippen molar-refractivity contribution in [1.82, 2.24) is 0 Å². The van der Waals surface area contributed by atoms with Crippen LogP contribution in [0.25, 0.3) is 6.08 Å². The molecular weight excluding hydrogens is 949 g/mol. The molecule has 0 bridgehead atoms. The number of benzene rings is 5. The predicted octanol–water partition coefficient (Wildman–Crippen LogP) is 13.0. The SMILES string of the molecule is C=Cc1ccc(F)cc1F.CC(C)(C)OC(=O)CC1CC1c1ccc(F)cc1F.CCOC(=O)C1CC1c1ccc(F)cc1F.NC1CC1c1ccc(F)cc1F.O=C(O)C1CC1c1ccc(F)cc1F. The van der Waals surface area contributed by atoms with Crippen LogP contribution >= 0.6 is 0 Å². The Balaban J connectivity index is 0.000000168. The third-order valence-electron chi connectivity index (χ3n) is 11.7. The third-order valence-corrected chi connectivity index (χ3v) is 11.7. The molecule has 17 heteroatoms. The predicted molar refractivity (Wildman–Crippen MR) is 244 cm³/mol. The van der Waals surface area contributed by atoms with Crippen molar-refractivity contribution >= 4 is 24.0 Å². The summed E-state index contributed by atoms with van der Waals surface area (Å²) in [6.45, 7) is 10.9. The van der Waals surface area contributed by atoms with Gasteiger partial charge in [-0.25, -0.2) is 43.9 Å². The molecule has 0 radical (unpaired) electrons. The number of carboxylic acids is 1. The van der Waals surface area contributed by atoms with Crippen molar-refractivity contribution < 1.29 is 72.9 Å². The zero-order valence-corrected chi connectivity index (χ0v) is 39.2. The number of aliphatic carboxylic acids is 1. The second-order valence-electron chi connectivity index (χ2n) is 18.4. The highest BCUT2D eigenvalue weighted by Crippen LogP contribution is 2.51. The number of carboxylic acid groups (broad SMARTS) is 1. The summed E-state index contributed by atoms with van der Waals surface area (Å²) >= 11 is 0. The molecule has 3 N–H and O–H groups in total. The molecule has 71 heavy (non-hydrogen) atoms. The molecule has 0 aromatic heterocycles. The second-order valence-corrected chi connectivity index (χ2v) is 18.4. The summed E-state index contributed by atoms with van der Waals surface area (Å²) < 4.78 is 138. The van der Waals surface area contributed by atoms with Gasteiger partial charge in [-0.2, -0.15) is 0 Å². The summed E-state index contributed by atoms with van der Waals surface area (Å²) in [5.41, 5.74) is 7.12. The molecule has 4 aliphatic rings. The van der Waals surface area contributed by atoms with Gasteiger partial charge in [0.15, 0.2) is 0 Å². The van der Waals surface area contributed by atoms with E-state index in [1.165, 1.54) is 60.7 Å². The summed E-state index contributed by atoms with van der Waals surface area (Å²) in [5.74, 6) is -8.21. The van der Waals surface area contributed by atoms with Crippen LogP contribution in [0.1, 0.15) is 111 Å². The number of halogens is 10. The van der Waals surface area contributed by atoms with Gasteiger partial charge < -0.3 is 20.3 Å². The van der Waals surface area contributed by atoms with Crippen LogP contribution in [0.4, 0.5) is 43.9 Å².